The molecule has 0 aliphatic carbocycles. The lowest BCUT2D eigenvalue weighted by molar-refractivity contribution is -0.113. The fraction of sp³-hybridized carbons (Fsp3) is 0.207. The number of morpholine rings is 1. The molecule has 1 aromatic heterocycles. The van der Waals surface area contributed by atoms with Crippen LogP contribution < -0.4 is 10.6 Å². The van der Waals surface area contributed by atoms with E-state index in [1.165, 1.54) is 30.0 Å². The van der Waals surface area contributed by atoms with Gasteiger partial charge in [-0.05, 0) is 61.5 Å². The third kappa shape index (κ3) is 6.56. The van der Waals surface area contributed by atoms with Gasteiger partial charge < -0.3 is 20.3 Å². The molecule has 2 heterocycles. The molecule has 0 unspecified atom stereocenters. The molecule has 2 N–H and O–H groups in total. The number of hydrogen-bond acceptors (Lipinski definition) is 8. The summed E-state index contributed by atoms with van der Waals surface area (Å²) in [7, 11) is 0. The Balaban J connectivity index is 1.21. The van der Waals surface area contributed by atoms with Crippen LogP contribution in [0.2, 0.25) is 0 Å². The number of benzene rings is 3. The number of fused-ring (bicyclic) bond motifs is 1. The number of carbonyl (C=O) groups excluding carboxylic acids is 4. The summed E-state index contributed by atoms with van der Waals surface area (Å²) in [6.45, 7) is 3.44. The molecule has 3 aromatic carbocycles. The van der Waals surface area contributed by atoms with Gasteiger partial charge in [-0.15, -0.1) is 11.3 Å². The molecule has 4 aromatic rings. The van der Waals surface area contributed by atoms with E-state index in [9.17, 15) is 19.2 Å². The Bertz CT molecular complexity index is 1580. The smallest absolute Gasteiger partial charge is 0.256 e. The second kappa shape index (κ2) is 12.4. The highest BCUT2D eigenvalue weighted by Gasteiger charge is 2.23. The number of ether oxygens (including phenoxy) is 1. The maximum atomic E-state index is 13.2. The van der Waals surface area contributed by atoms with E-state index in [-0.39, 0.29) is 29.3 Å². The van der Waals surface area contributed by atoms with Crippen molar-refractivity contribution in [3.8, 4) is 0 Å². The molecule has 204 valence electrons. The number of hydrogen-bond donors (Lipinski definition) is 2. The predicted molar refractivity (Wildman–Crippen MR) is 157 cm³/mol. The van der Waals surface area contributed by atoms with E-state index < -0.39 is 0 Å². The summed E-state index contributed by atoms with van der Waals surface area (Å²) in [5.74, 6) is -0.602. The van der Waals surface area contributed by atoms with E-state index in [1.54, 1.807) is 59.5 Å². The van der Waals surface area contributed by atoms with Crippen LogP contribution in [0.3, 0.4) is 0 Å². The average molecular weight is 575 g/mol. The number of anilines is 2. The van der Waals surface area contributed by atoms with Gasteiger partial charge >= 0.3 is 0 Å². The van der Waals surface area contributed by atoms with E-state index >= 15 is 0 Å². The number of aromatic nitrogens is 1. The summed E-state index contributed by atoms with van der Waals surface area (Å²) < 4.78 is 6.92. The lowest BCUT2D eigenvalue weighted by Crippen LogP contribution is -2.41. The highest BCUT2D eigenvalue weighted by Crippen LogP contribution is 2.31. The number of amides is 3. The van der Waals surface area contributed by atoms with E-state index in [2.05, 4.69) is 15.6 Å². The van der Waals surface area contributed by atoms with Crippen LogP contribution >= 0.6 is 23.1 Å². The molecule has 1 saturated heterocycles. The fourth-order valence-electron chi connectivity index (χ4n) is 4.16. The number of thiazole rings is 1. The number of thioether (sulfide) groups is 1. The molecule has 0 saturated carbocycles. The monoisotopic (exact) mass is 574 g/mol. The van der Waals surface area contributed by atoms with Crippen LogP contribution in [0, 0.1) is 0 Å². The lowest BCUT2D eigenvalue weighted by atomic mass is 10.0. The number of Topliss-reactive ketones (excluding diaryl/α,β-unsaturated/α-hetero) is 1. The van der Waals surface area contributed by atoms with Crippen LogP contribution in [0.25, 0.3) is 10.2 Å². The van der Waals surface area contributed by atoms with Crippen LogP contribution in [0.5, 0.6) is 0 Å². The van der Waals surface area contributed by atoms with Gasteiger partial charge in [0.1, 0.15) is 0 Å². The van der Waals surface area contributed by atoms with Gasteiger partial charge in [-0.25, -0.2) is 4.98 Å². The maximum absolute atomic E-state index is 13.2. The number of carbonyl (C=O) groups is 4. The Labute approximate surface area is 238 Å². The minimum absolute atomic E-state index is 0.0318. The van der Waals surface area contributed by atoms with Gasteiger partial charge in [0.05, 0.1) is 40.3 Å². The van der Waals surface area contributed by atoms with Crippen molar-refractivity contribution >= 4 is 68.2 Å². The van der Waals surface area contributed by atoms with Crippen molar-refractivity contribution in [2.75, 3.05) is 42.7 Å². The average Bonchev–Trinajstić information content (AvgIpc) is 3.39. The zero-order valence-electron chi connectivity index (χ0n) is 21.6. The third-order valence-electron chi connectivity index (χ3n) is 6.23. The molecule has 1 aliphatic rings. The Morgan fingerprint density at radius 3 is 2.35 bits per heavy atom. The molecule has 40 heavy (non-hydrogen) atoms. The van der Waals surface area contributed by atoms with Crippen LogP contribution in [-0.4, -0.2) is 65.4 Å². The van der Waals surface area contributed by atoms with Crippen LogP contribution in [-0.2, 0) is 9.53 Å². The first-order valence-electron chi connectivity index (χ1n) is 12.6. The molecular weight excluding hydrogens is 548 g/mol. The number of nitrogens with zero attached hydrogens (tertiary/aromatic N) is 2. The van der Waals surface area contributed by atoms with Gasteiger partial charge in [-0.2, -0.15) is 0 Å². The first-order valence-corrected chi connectivity index (χ1v) is 14.4. The van der Waals surface area contributed by atoms with Crippen molar-refractivity contribution in [2.45, 2.75) is 11.3 Å². The zero-order chi connectivity index (χ0) is 28.1. The van der Waals surface area contributed by atoms with Crippen molar-refractivity contribution in [3.63, 3.8) is 0 Å². The van der Waals surface area contributed by atoms with E-state index in [0.29, 0.717) is 54.4 Å². The summed E-state index contributed by atoms with van der Waals surface area (Å²) in [6.07, 6.45) is 0. The number of rotatable bonds is 8. The quantitative estimate of drug-likeness (QED) is 0.226. The Hall–Kier alpha value is -4.06. The SMILES string of the molecule is CC(=O)c1ccc(NC(=O)CSc2nc3ccc(NC(=O)c4ccccc4C(=O)N4CCOCC4)cc3s2)cc1. The van der Waals surface area contributed by atoms with Gasteiger partial charge in [0, 0.05) is 30.0 Å². The van der Waals surface area contributed by atoms with Crippen LogP contribution in [0.4, 0.5) is 11.4 Å². The first-order chi connectivity index (χ1) is 19.4. The highest BCUT2D eigenvalue weighted by atomic mass is 32.2. The van der Waals surface area contributed by atoms with Crippen molar-refractivity contribution in [3.05, 3.63) is 83.4 Å². The largest absolute Gasteiger partial charge is 0.378 e. The number of ketones is 1. The molecule has 9 nitrogen and oxygen atoms in total. The number of nitrogens with one attached hydrogen (secondary N) is 2. The zero-order valence-corrected chi connectivity index (χ0v) is 23.3. The normalized spacial score (nSPS) is 13.2. The molecule has 1 fully saturated rings. The summed E-state index contributed by atoms with van der Waals surface area (Å²) >= 11 is 2.74. The minimum Gasteiger partial charge on any atom is -0.378 e. The predicted octanol–water partition coefficient (Wildman–Crippen LogP) is 4.95. The Morgan fingerprint density at radius 1 is 0.925 bits per heavy atom. The summed E-state index contributed by atoms with van der Waals surface area (Å²) in [6, 6.07) is 18.9. The van der Waals surface area contributed by atoms with E-state index in [1.807, 2.05) is 12.1 Å². The molecule has 5 rings (SSSR count). The van der Waals surface area contributed by atoms with Crippen LogP contribution in [0.15, 0.2) is 71.1 Å². The molecule has 0 radical (unpaired) electrons. The van der Waals surface area contributed by atoms with E-state index in [4.69, 9.17) is 4.74 Å². The second-order valence-electron chi connectivity index (χ2n) is 9.04. The third-order valence-corrected chi connectivity index (χ3v) is 8.39. The molecular formula is C29H26N4O5S2. The Morgan fingerprint density at radius 2 is 1.62 bits per heavy atom. The summed E-state index contributed by atoms with van der Waals surface area (Å²) in [5.41, 5.74) is 3.21. The molecule has 0 atom stereocenters. The lowest BCUT2D eigenvalue weighted by Gasteiger charge is -2.27. The van der Waals surface area contributed by atoms with Crippen molar-refractivity contribution < 1.29 is 23.9 Å². The second-order valence-corrected chi connectivity index (χ2v) is 11.3. The van der Waals surface area contributed by atoms with Gasteiger partial charge in [0.25, 0.3) is 11.8 Å². The molecule has 1 aliphatic heterocycles. The van der Waals surface area contributed by atoms with Crippen molar-refractivity contribution in [1.29, 1.82) is 0 Å². The maximum Gasteiger partial charge on any atom is 0.256 e. The van der Waals surface area contributed by atoms with E-state index in [0.717, 1.165) is 14.6 Å². The molecule has 3 amide bonds. The van der Waals surface area contributed by atoms with Gasteiger partial charge in [-0.1, -0.05) is 23.9 Å². The van der Waals surface area contributed by atoms with Gasteiger partial charge in [0.2, 0.25) is 5.91 Å². The van der Waals surface area contributed by atoms with Gasteiger partial charge in [-0.3, -0.25) is 19.2 Å². The van der Waals surface area contributed by atoms with Crippen molar-refractivity contribution in [2.24, 2.45) is 0 Å². The molecule has 0 spiro atoms. The first kappa shape index (κ1) is 27.5. The van der Waals surface area contributed by atoms with Crippen molar-refractivity contribution in [1.82, 2.24) is 9.88 Å². The minimum atomic E-state index is -0.372. The standard InChI is InChI=1S/C29H26N4O5S2/c1-18(34)19-6-8-20(9-7-19)30-26(35)17-39-29-32-24-11-10-21(16-25(24)40-29)31-27(36)22-4-2-3-5-23(22)28(37)33-12-14-38-15-13-33/h2-11,16H,12-15,17H2,1H3,(H,30,35)(H,31,36). The summed E-state index contributed by atoms with van der Waals surface area (Å²) in [5, 5.41) is 5.72. The van der Waals surface area contributed by atoms with Gasteiger partial charge in [0.15, 0.2) is 10.1 Å². The fourth-order valence-corrected chi connectivity index (χ4v) is 6.07. The van der Waals surface area contributed by atoms with Crippen LogP contribution in [0.1, 0.15) is 38.0 Å². The molecule has 0 bridgehead atoms. The highest BCUT2D eigenvalue weighted by molar-refractivity contribution is 8.01. The topological polar surface area (TPSA) is 118 Å². The summed E-state index contributed by atoms with van der Waals surface area (Å²) in [4.78, 5) is 56.3. The Kier molecular flexibility index (Phi) is 8.54. The molecule has 11 heteroatoms.